The van der Waals surface area contributed by atoms with E-state index < -0.39 is 12.1 Å². The maximum absolute atomic E-state index is 16.2. The van der Waals surface area contributed by atoms with E-state index >= 15 is 8.78 Å². The van der Waals surface area contributed by atoms with E-state index in [0.717, 1.165) is 114 Å². The quantitative estimate of drug-likeness (QED) is 0.135. The zero-order valence-corrected chi connectivity index (χ0v) is 35.0. The number of hydrogen-bond donors (Lipinski definition) is 0. The summed E-state index contributed by atoms with van der Waals surface area (Å²) in [6, 6.07) is 62.9. The Morgan fingerprint density at radius 3 is 1.08 bits per heavy atom. The van der Waals surface area contributed by atoms with E-state index in [9.17, 15) is 0 Å². The molecular formula is C58H39BF2N2. The second-order valence-electron chi connectivity index (χ2n) is 18.2. The standard InChI is InChI=1S/C58H39BF2N2/c1-58(2,3)54-52-44-24-10-8-20-40(44)36-16-4-6-18-38(36)42-22-12-14-26-48(42)62-50-30-28-34(60)32-46(50)59-47-33-35(61)29-31-51(47)63-49-27-15-13-23-43(49)39-19-7-5-17-37(39)41-21-9-11-25-45(41)53(54)57(63)55(59)56(52)62/h4-33H,1-3H3. The van der Waals surface area contributed by atoms with Crippen LogP contribution in [0.4, 0.5) is 8.78 Å². The smallest absolute Gasteiger partial charge is 0.252 e. The molecule has 5 heteroatoms. The van der Waals surface area contributed by atoms with Crippen LogP contribution in [0.15, 0.2) is 182 Å². The molecule has 9 aromatic carbocycles. The Hall–Kier alpha value is -7.50. The lowest BCUT2D eigenvalue weighted by molar-refractivity contribution is 0.601. The van der Waals surface area contributed by atoms with E-state index in [-0.39, 0.29) is 11.6 Å². The van der Waals surface area contributed by atoms with Crippen molar-refractivity contribution in [3.05, 3.63) is 199 Å². The monoisotopic (exact) mass is 812 g/mol. The van der Waals surface area contributed by atoms with Gasteiger partial charge in [0.15, 0.2) is 0 Å². The molecule has 0 amide bonds. The summed E-state index contributed by atoms with van der Waals surface area (Å²) in [4.78, 5) is 0. The summed E-state index contributed by atoms with van der Waals surface area (Å²) in [6.07, 6.45) is 0. The first-order chi connectivity index (χ1) is 30.8. The highest BCUT2D eigenvalue weighted by Gasteiger charge is 2.42. The van der Waals surface area contributed by atoms with Crippen molar-refractivity contribution in [1.29, 1.82) is 0 Å². The fraction of sp³-hybridized carbons (Fsp3) is 0.0690. The lowest BCUT2D eigenvalue weighted by Gasteiger charge is -2.38. The Balaban J connectivity index is 1.56. The number of aromatic nitrogens is 2. The van der Waals surface area contributed by atoms with Crippen LogP contribution in [0.5, 0.6) is 0 Å². The zero-order chi connectivity index (χ0) is 42.3. The van der Waals surface area contributed by atoms with Crippen molar-refractivity contribution in [3.63, 3.8) is 0 Å². The molecule has 2 aromatic heterocycles. The Bertz CT molecular complexity index is 3750. The van der Waals surface area contributed by atoms with Crippen LogP contribution >= 0.6 is 0 Å². The van der Waals surface area contributed by atoms with Crippen LogP contribution in [0.25, 0.3) is 98.1 Å². The summed E-state index contributed by atoms with van der Waals surface area (Å²) in [5.41, 5.74) is 9.18. The van der Waals surface area contributed by atoms with Crippen LogP contribution < -0.4 is 16.4 Å². The normalized spacial score (nSPS) is 12.8. The van der Waals surface area contributed by atoms with Gasteiger partial charge in [-0.2, -0.15) is 0 Å². The number of nitrogens with zero attached hydrogens (tertiary/aromatic N) is 2. The fourth-order valence-electron chi connectivity index (χ4n) is 11.5. The summed E-state index contributed by atoms with van der Waals surface area (Å²) in [7, 11) is 0. The van der Waals surface area contributed by atoms with Crippen LogP contribution in [0.2, 0.25) is 0 Å². The van der Waals surface area contributed by atoms with E-state index in [0.29, 0.717) is 0 Å². The van der Waals surface area contributed by atoms with Crippen LogP contribution in [0, 0.1) is 11.6 Å². The molecule has 63 heavy (non-hydrogen) atoms. The highest BCUT2D eigenvalue weighted by Crippen LogP contribution is 2.46. The molecule has 0 bridgehead atoms. The summed E-state index contributed by atoms with van der Waals surface area (Å²) >= 11 is 0. The van der Waals surface area contributed by atoms with Crippen molar-refractivity contribution in [2.75, 3.05) is 0 Å². The zero-order valence-electron chi connectivity index (χ0n) is 35.0. The minimum absolute atomic E-state index is 0.330. The first-order valence-electron chi connectivity index (χ1n) is 21.8. The topological polar surface area (TPSA) is 9.86 Å². The average Bonchev–Trinajstić information content (AvgIpc) is 3.38. The lowest BCUT2D eigenvalue weighted by atomic mass is 9.34. The van der Waals surface area contributed by atoms with Crippen molar-refractivity contribution in [2.45, 2.75) is 26.2 Å². The van der Waals surface area contributed by atoms with E-state index in [1.54, 1.807) is 24.3 Å². The number of fused-ring (bicyclic) bond motifs is 20. The average molecular weight is 813 g/mol. The molecule has 0 saturated heterocycles. The number of hydrogen-bond acceptors (Lipinski definition) is 0. The molecule has 0 unspecified atom stereocenters. The van der Waals surface area contributed by atoms with Crippen molar-refractivity contribution in [3.8, 4) is 11.4 Å². The molecule has 0 radical (unpaired) electrons. The third kappa shape index (κ3) is 4.93. The van der Waals surface area contributed by atoms with Crippen molar-refractivity contribution >= 4 is 110 Å². The van der Waals surface area contributed by atoms with Gasteiger partial charge in [-0.15, -0.1) is 0 Å². The Kier molecular flexibility index (Phi) is 7.47. The van der Waals surface area contributed by atoms with Crippen molar-refractivity contribution in [1.82, 2.24) is 9.13 Å². The van der Waals surface area contributed by atoms with Gasteiger partial charge < -0.3 is 9.13 Å². The molecule has 0 fully saturated rings. The first kappa shape index (κ1) is 36.2. The minimum atomic E-state index is -0.518. The Morgan fingerprint density at radius 1 is 0.381 bits per heavy atom. The van der Waals surface area contributed by atoms with Gasteiger partial charge in [-0.25, -0.2) is 8.78 Å². The third-order valence-electron chi connectivity index (χ3n) is 13.8. The molecule has 0 N–H and O–H groups in total. The Labute approximate surface area is 363 Å². The van der Waals surface area contributed by atoms with Crippen molar-refractivity contribution in [2.24, 2.45) is 0 Å². The van der Waals surface area contributed by atoms with Crippen LogP contribution in [0.1, 0.15) is 26.3 Å². The minimum Gasteiger partial charge on any atom is -0.310 e. The van der Waals surface area contributed by atoms with E-state index in [4.69, 9.17) is 0 Å². The van der Waals surface area contributed by atoms with Gasteiger partial charge in [0.05, 0.1) is 22.1 Å². The molecule has 0 saturated carbocycles. The molecule has 2 aliphatic rings. The first-order valence-corrected chi connectivity index (χ1v) is 21.8. The third-order valence-corrected chi connectivity index (χ3v) is 13.8. The molecule has 11 aromatic rings. The predicted octanol–water partition coefficient (Wildman–Crippen LogP) is 13.5. The molecule has 4 heterocycles. The number of halogens is 2. The molecule has 13 rings (SSSR count). The second-order valence-corrected chi connectivity index (χ2v) is 18.2. The largest absolute Gasteiger partial charge is 0.310 e. The summed E-state index contributed by atoms with van der Waals surface area (Å²) < 4.78 is 37.3. The van der Waals surface area contributed by atoms with Crippen LogP contribution in [0.3, 0.4) is 0 Å². The fourth-order valence-corrected chi connectivity index (χ4v) is 11.5. The molecule has 0 spiro atoms. The number of rotatable bonds is 0. The summed E-state index contributed by atoms with van der Waals surface area (Å²) in [5.74, 6) is -0.661. The van der Waals surface area contributed by atoms with Gasteiger partial charge in [0, 0.05) is 32.9 Å². The molecule has 0 atom stereocenters. The number of benzene rings is 9. The highest BCUT2D eigenvalue weighted by molar-refractivity contribution is 7.00. The molecular weight excluding hydrogens is 773 g/mol. The van der Waals surface area contributed by atoms with Crippen LogP contribution in [-0.4, -0.2) is 15.8 Å². The lowest BCUT2D eigenvalue weighted by Crippen LogP contribution is -2.60. The molecule has 2 aliphatic heterocycles. The summed E-state index contributed by atoms with van der Waals surface area (Å²) in [5, 5.41) is 13.4. The van der Waals surface area contributed by atoms with E-state index in [2.05, 4.69) is 175 Å². The SMILES string of the molecule is CC(C)(C)c1c2c3ccccc3c3ccccc3c3ccccc3n3c2c2c4c1c1ccccc1c1ccccc1c1ccccc1n4-c1ccc(F)cc1B2c1cc(F)ccc1-3. The maximum Gasteiger partial charge on any atom is 0.252 e. The highest BCUT2D eigenvalue weighted by atomic mass is 19.1. The maximum atomic E-state index is 16.2. The van der Waals surface area contributed by atoms with Gasteiger partial charge in [-0.3, -0.25) is 0 Å². The van der Waals surface area contributed by atoms with Gasteiger partial charge in [-0.05, 0) is 119 Å². The molecule has 298 valence electrons. The van der Waals surface area contributed by atoms with E-state index in [1.807, 2.05) is 12.1 Å². The number of para-hydroxylation sites is 2. The molecule has 0 aliphatic carbocycles. The predicted molar refractivity (Wildman–Crippen MR) is 264 cm³/mol. The van der Waals surface area contributed by atoms with Crippen LogP contribution in [-0.2, 0) is 5.41 Å². The second kappa shape index (κ2) is 13.0. The summed E-state index contributed by atoms with van der Waals surface area (Å²) in [6.45, 7) is 6.50. The molecule has 2 nitrogen and oxygen atoms in total. The van der Waals surface area contributed by atoms with Gasteiger partial charge >= 0.3 is 0 Å². The van der Waals surface area contributed by atoms with E-state index in [1.165, 1.54) is 5.56 Å². The Morgan fingerprint density at radius 2 is 0.698 bits per heavy atom. The van der Waals surface area contributed by atoms with Gasteiger partial charge in [0.2, 0.25) is 0 Å². The van der Waals surface area contributed by atoms with Gasteiger partial charge in [-0.1, -0.05) is 154 Å². The van der Waals surface area contributed by atoms with Gasteiger partial charge in [0.1, 0.15) is 11.6 Å². The van der Waals surface area contributed by atoms with Crippen molar-refractivity contribution < 1.29 is 8.78 Å². The van der Waals surface area contributed by atoms with Gasteiger partial charge in [0.25, 0.3) is 6.71 Å².